The summed E-state index contributed by atoms with van der Waals surface area (Å²) in [6, 6.07) is 6.22. The Morgan fingerprint density at radius 3 is 2.95 bits per heavy atom. The van der Waals surface area contributed by atoms with Gasteiger partial charge < -0.3 is 15.7 Å². The van der Waals surface area contributed by atoms with Crippen LogP contribution in [0.25, 0.3) is 0 Å². The molecule has 104 valence electrons. The number of benzene rings is 1. The first-order valence-electron chi connectivity index (χ1n) is 6.60. The summed E-state index contributed by atoms with van der Waals surface area (Å²) >= 11 is 11.3. The molecule has 0 aromatic heterocycles. The lowest BCUT2D eigenvalue weighted by molar-refractivity contribution is 0.279. The molecule has 3 nitrogen and oxygen atoms in total. The molecule has 1 heterocycles. The number of nitrogens with zero attached hydrogens (tertiary/aromatic N) is 1. The monoisotopic (exact) mass is 298 g/mol. The highest BCUT2D eigenvalue weighted by molar-refractivity contribution is 7.80. The maximum atomic E-state index is 8.96. The van der Waals surface area contributed by atoms with Gasteiger partial charge in [0.2, 0.25) is 0 Å². The Morgan fingerprint density at radius 2 is 2.32 bits per heavy atom. The average Bonchev–Trinajstić information content (AvgIpc) is 2.84. The first kappa shape index (κ1) is 14.6. The van der Waals surface area contributed by atoms with Gasteiger partial charge in [0.1, 0.15) is 4.99 Å². The molecule has 2 rings (SSSR count). The number of thiocarbonyl (C=S) groups is 1. The fraction of sp³-hybridized carbons (Fsp3) is 0.500. The molecule has 0 aliphatic carbocycles. The maximum Gasteiger partial charge on any atom is 0.104 e. The molecule has 0 amide bonds. The maximum absolute atomic E-state index is 8.96. The van der Waals surface area contributed by atoms with Crippen molar-refractivity contribution < 1.29 is 5.11 Å². The Labute approximate surface area is 124 Å². The summed E-state index contributed by atoms with van der Waals surface area (Å²) in [6.07, 6.45) is 4.17. The molecule has 5 heteroatoms. The summed E-state index contributed by atoms with van der Waals surface area (Å²) in [4.78, 5) is 2.70. The number of aliphatic hydroxyl groups excluding tert-OH is 1. The van der Waals surface area contributed by atoms with E-state index in [1.54, 1.807) is 0 Å². The minimum Gasteiger partial charge on any atom is -0.396 e. The molecule has 19 heavy (non-hydrogen) atoms. The first-order valence-corrected chi connectivity index (χ1v) is 7.39. The van der Waals surface area contributed by atoms with Crippen molar-refractivity contribution in [3.63, 3.8) is 0 Å². The van der Waals surface area contributed by atoms with Crippen molar-refractivity contribution >= 4 is 34.5 Å². The summed E-state index contributed by atoms with van der Waals surface area (Å²) in [7, 11) is 0. The molecule has 0 radical (unpaired) electrons. The predicted molar refractivity (Wildman–Crippen MR) is 84.0 cm³/mol. The normalized spacial score (nSPS) is 18.8. The van der Waals surface area contributed by atoms with Crippen molar-refractivity contribution in [2.75, 3.05) is 18.1 Å². The van der Waals surface area contributed by atoms with Crippen molar-refractivity contribution in [2.24, 2.45) is 5.73 Å². The third-order valence-electron chi connectivity index (χ3n) is 3.61. The highest BCUT2D eigenvalue weighted by Crippen LogP contribution is 2.34. The number of rotatable bonds is 5. The SMILES string of the molecule is NC(=S)c1ccc(N2CCCC2CCCO)c(Cl)c1. The van der Waals surface area contributed by atoms with Crippen molar-refractivity contribution in [3.8, 4) is 0 Å². The molecule has 0 saturated carbocycles. The van der Waals surface area contributed by atoms with Gasteiger partial charge >= 0.3 is 0 Å². The van der Waals surface area contributed by atoms with E-state index in [2.05, 4.69) is 4.90 Å². The van der Waals surface area contributed by atoms with Crippen LogP contribution in [0.4, 0.5) is 5.69 Å². The van der Waals surface area contributed by atoms with Crippen LogP contribution in [-0.4, -0.2) is 29.3 Å². The van der Waals surface area contributed by atoms with Crippen LogP contribution < -0.4 is 10.6 Å². The Balaban J connectivity index is 2.18. The van der Waals surface area contributed by atoms with E-state index in [4.69, 9.17) is 34.7 Å². The second-order valence-electron chi connectivity index (χ2n) is 4.89. The highest BCUT2D eigenvalue weighted by Gasteiger charge is 2.25. The summed E-state index contributed by atoms with van der Waals surface area (Å²) in [5.41, 5.74) is 7.46. The molecular formula is C14H19ClN2OS. The van der Waals surface area contributed by atoms with Gasteiger partial charge in [-0.15, -0.1) is 0 Å². The molecular weight excluding hydrogens is 280 g/mol. The predicted octanol–water partition coefficient (Wildman–Crippen LogP) is 2.72. The first-order chi connectivity index (χ1) is 9.13. The lowest BCUT2D eigenvalue weighted by atomic mass is 10.1. The van der Waals surface area contributed by atoms with E-state index < -0.39 is 0 Å². The number of hydrogen-bond donors (Lipinski definition) is 2. The molecule has 1 saturated heterocycles. The van der Waals surface area contributed by atoms with Crippen LogP contribution in [0.5, 0.6) is 0 Å². The molecule has 3 N–H and O–H groups in total. The molecule has 1 aliphatic rings. The topological polar surface area (TPSA) is 49.5 Å². The minimum absolute atomic E-state index is 0.248. The zero-order valence-electron chi connectivity index (χ0n) is 10.8. The summed E-state index contributed by atoms with van der Waals surface area (Å²) in [5.74, 6) is 0. The Kier molecular flexibility index (Phi) is 5.02. The van der Waals surface area contributed by atoms with Crippen LogP contribution in [0.2, 0.25) is 5.02 Å². The van der Waals surface area contributed by atoms with E-state index in [9.17, 15) is 0 Å². The van der Waals surface area contributed by atoms with Crippen LogP contribution >= 0.6 is 23.8 Å². The second kappa shape index (κ2) is 6.55. The van der Waals surface area contributed by atoms with Gasteiger partial charge in [-0.25, -0.2) is 0 Å². The Morgan fingerprint density at radius 1 is 1.53 bits per heavy atom. The highest BCUT2D eigenvalue weighted by atomic mass is 35.5. The van der Waals surface area contributed by atoms with Crippen molar-refractivity contribution in [1.29, 1.82) is 0 Å². The summed E-state index contributed by atoms with van der Waals surface area (Å²) < 4.78 is 0. The summed E-state index contributed by atoms with van der Waals surface area (Å²) in [6.45, 7) is 1.26. The van der Waals surface area contributed by atoms with Crippen molar-refractivity contribution in [2.45, 2.75) is 31.7 Å². The lowest BCUT2D eigenvalue weighted by Gasteiger charge is -2.28. The molecule has 1 fully saturated rings. The fourth-order valence-corrected chi connectivity index (χ4v) is 3.09. The number of anilines is 1. The summed E-state index contributed by atoms with van der Waals surface area (Å²) in [5, 5.41) is 9.66. The van der Waals surface area contributed by atoms with Gasteiger partial charge in [-0.1, -0.05) is 23.8 Å². The third kappa shape index (κ3) is 3.38. The lowest BCUT2D eigenvalue weighted by Crippen LogP contribution is -2.29. The van der Waals surface area contributed by atoms with Crippen molar-refractivity contribution in [1.82, 2.24) is 0 Å². The third-order valence-corrected chi connectivity index (χ3v) is 4.15. The molecule has 0 spiro atoms. The zero-order chi connectivity index (χ0) is 13.8. The van der Waals surface area contributed by atoms with Gasteiger partial charge in [-0.05, 0) is 43.9 Å². The van der Waals surface area contributed by atoms with Gasteiger partial charge in [0.25, 0.3) is 0 Å². The Bertz CT molecular complexity index is 467. The van der Waals surface area contributed by atoms with Crippen LogP contribution in [-0.2, 0) is 0 Å². The van der Waals surface area contributed by atoms with Gasteiger partial charge in [0.15, 0.2) is 0 Å². The van der Waals surface area contributed by atoms with Crippen LogP contribution in [0, 0.1) is 0 Å². The number of halogens is 1. The van der Waals surface area contributed by atoms with Crippen LogP contribution in [0.15, 0.2) is 18.2 Å². The van der Waals surface area contributed by atoms with Gasteiger partial charge in [0, 0.05) is 24.8 Å². The molecule has 1 aromatic rings. The van der Waals surface area contributed by atoms with E-state index >= 15 is 0 Å². The van der Waals surface area contributed by atoms with Crippen LogP contribution in [0.1, 0.15) is 31.2 Å². The largest absolute Gasteiger partial charge is 0.396 e. The van der Waals surface area contributed by atoms with Crippen molar-refractivity contribution in [3.05, 3.63) is 28.8 Å². The van der Waals surface area contributed by atoms with E-state index in [-0.39, 0.29) is 6.61 Å². The Hall–Kier alpha value is -0.840. The number of aliphatic hydroxyl groups is 1. The molecule has 1 aromatic carbocycles. The quantitative estimate of drug-likeness (QED) is 0.821. The molecule has 1 unspecified atom stereocenters. The van der Waals surface area contributed by atoms with Gasteiger partial charge in [-0.3, -0.25) is 0 Å². The zero-order valence-corrected chi connectivity index (χ0v) is 12.4. The second-order valence-corrected chi connectivity index (χ2v) is 5.73. The fourth-order valence-electron chi connectivity index (χ4n) is 2.67. The molecule has 0 bridgehead atoms. The average molecular weight is 299 g/mol. The molecule has 1 aliphatic heterocycles. The van der Waals surface area contributed by atoms with Gasteiger partial charge in [-0.2, -0.15) is 0 Å². The van der Waals surface area contributed by atoms with E-state index in [1.165, 1.54) is 6.42 Å². The van der Waals surface area contributed by atoms with E-state index in [1.807, 2.05) is 18.2 Å². The standard InChI is InChI=1S/C14H19ClN2OS/c15-12-9-10(14(16)19)5-6-13(12)17-7-1-3-11(17)4-2-8-18/h5-6,9,11,18H,1-4,7-8H2,(H2,16,19). The minimum atomic E-state index is 0.248. The number of hydrogen-bond acceptors (Lipinski definition) is 3. The van der Waals surface area contributed by atoms with Gasteiger partial charge in [0.05, 0.1) is 10.7 Å². The number of nitrogens with two attached hydrogens (primary N) is 1. The van der Waals surface area contributed by atoms with E-state index in [0.717, 1.165) is 37.1 Å². The molecule has 1 atom stereocenters. The smallest absolute Gasteiger partial charge is 0.104 e. The van der Waals surface area contributed by atoms with E-state index in [0.29, 0.717) is 16.1 Å². The van der Waals surface area contributed by atoms with Crippen LogP contribution in [0.3, 0.4) is 0 Å².